The lowest BCUT2D eigenvalue weighted by atomic mass is 10.1. The van der Waals surface area contributed by atoms with Crippen LogP contribution >= 0.6 is 0 Å². The van der Waals surface area contributed by atoms with Gasteiger partial charge in [0.05, 0.1) is 12.5 Å². The van der Waals surface area contributed by atoms with Crippen molar-refractivity contribution < 1.29 is 19.1 Å². The Morgan fingerprint density at radius 3 is 2.37 bits per heavy atom. The number of hydrogen-bond acceptors (Lipinski definition) is 5. The van der Waals surface area contributed by atoms with Gasteiger partial charge in [0.25, 0.3) is 0 Å². The van der Waals surface area contributed by atoms with Gasteiger partial charge >= 0.3 is 11.9 Å². The average molecular weight is 265 g/mol. The number of pyridine rings is 1. The molecule has 0 radical (unpaired) electrons. The van der Waals surface area contributed by atoms with Crippen LogP contribution in [0.5, 0.6) is 0 Å². The summed E-state index contributed by atoms with van der Waals surface area (Å²) in [5, 5.41) is 0. The van der Waals surface area contributed by atoms with E-state index in [4.69, 9.17) is 9.47 Å². The van der Waals surface area contributed by atoms with E-state index < -0.39 is 18.0 Å². The molecule has 1 aromatic heterocycles. The topological polar surface area (TPSA) is 65.5 Å². The summed E-state index contributed by atoms with van der Waals surface area (Å²) in [6.07, 6.45) is 2.77. The van der Waals surface area contributed by atoms with Crippen molar-refractivity contribution in [2.24, 2.45) is 5.92 Å². The van der Waals surface area contributed by atoms with Crippen LogP contribution in [0.4, 0.5) is 0 Å². The maximum Gasteiger partial charge on any atom is 0.352 e. The first-order valence-corrected chi connectivity index (χ1v) is 6.33. The second kappa shape index (κ2) is 7.51. The Kier molecular flexibility index (Phi) is 5.99. The monoisotopic (exact) mass is 265 g/mol. The van der Waals surface area contributed by atoms with Gasteiger partial charge in [0.1, 0.15) is 0 Å². The number of hydrogen-bond donors (Lipinski definition) is 0. The van der Waals surface area contributed by atoms with Crippen LogP contribution in [0.1, 0.15) is 38.9 Å². The third-order valence-corrected chi connectivity index (χ3v) is 2.38. The smallest absolute Gasteiger partial charge is 0.352 e. The molecule has 0 aliphatic heterocycles. The summed E-state index contributed by atoms with van der Waals surface area (Å²) in [7, 11) is 0. The Bertz CT molecular complexity index is 417. The van der Waals surface area contributed by atoms with Gasteiger partial charge in [-0.3, -0.25) is 9.78 Å². The highest BCUT2D eigenvalue weighted by molar-refractivity contribution is 5.81. The summed E-state index contributed by atoms with van der Waals surface area (Å²) in [5.74, 6) is -1.29. The predicted octanol–water partition coefficient (Wildman–Crippen LogP) is 2.28. The van der Waals surface area contributed by atoms with Crippen LogP contribution in [0.3, 0.4) is 0 Å². The molecule has 19 heavy (non-hydrogen) atoms. The van der Waals surface area contributed by atoms with Crippen LogP contribution in [-0.2, 0) is 19.1 Å². The second-order valence-electron chi connectivity index (χ2n) is 4.42. The van der Waals surface area contributed by atoms with Crippen molar-refractivity contribution in [1.29, 1.82) is 0 Å². The summed E-state index contributed by atoms with van der Waals surface area (Å²) in [4.78, 5) is 27.5. The number of carbonyl (C=O) groups excluding carboxylic acids is 2. The van der Waals surface area contributed by atoms with E-state index >= 15 is 0 Å². The van der Waals surface area contributed by atoms with Crippen LogP contribution in [0, 0.1) is 5.92 Å². The normalized spacial score (nSPS) is 12.0. The van der Waals surface area contributed by atoms with Gasteiger partial charge in [-0.2, -0.15) is 0 Å². The van der Waals surface area contributed by atoms with Gasteiger partial charge < -0.3 is 9.47 Å². The molecule has 0 fully saturated rings. The zero-order chi connectivity index (χ0) is 14.3. The van der Waals surface area contributed by atoms with E-state index in [2.05, 4.69) is 4.98 Å². The molecule has 1 rings (SSSR count). The molecule has 0 saturated carbocycles. The lowest BCUT2D eigenvalue weighted by Gasteiger charge is -2.18. The van der Waals surface area contributed by atoms with Crippen molar-refractivity contribution in [2.75, 3.05) is 6.61 Å². The van der Waals surface area contributed by atoms with Crippen molar-refractivity contribution in [2.45, 2.75) is 33.3 Å². The molecule has 1 heterocycles. The number of esters is 2. The fourth-order valence-corrected chi connectivity index (χ4v) is 1.32. The van der Waals surface area contributed by atoms with E-state index in [1.54, 1.807) is 38.4 Å². The minimum Gasteiger partial charge on any atom is -0.463 e. The molecule has 0 aromatic carbocycles. The third-order valence-electron chi connectivity index (χ3n) is 2.38. The maximum atomic E-state index is 11.9. The van der Waals surface area contributed by atoms with Gasteiger partial charge in [-0.1, -0.05) is 20.8 Å². The Morgan fingerprint density at radius 1 is 1.21 bits per heavy atom. The van der Waals surface area contributed by atoms with E-state index in [9.17, 15) is 9.59 Å². The molecule has 1 aromatic rings. The molecule has 0 N–H and O–H groups in total. The van der Waals surface area contributed by atoms with E-state index in [1.165, 1.54) is 0 Å². The molecule has 0 aliphatic carbocycles. The first-order chi connectivity index (χ1) is 9.06. The van der Waals surface area contributed by atoms with Crippen molar-refractivity contribution in [3.8, 4) is 0 Å². The summed E-state index contributed by atoms with van der Waals surface area (Å²) in [5.41, 5.74) is 0.560. The Morgan fingerprint density at radius 2 is 1.84 bits per heavy atom. The third kappa shape index (κ3) is 4.69. The zero-order valence-corrected chi connectivity index (χ0v) is 11.5. The second-order valence-corrected chi connectivity index (χ2v) is 4.42. The zero-order valence-electron chi connectivity index (χ0n) is 11.5. The van der Waals surface area contributed by atoms with E-state index in [0.29, 0.717) is 18.6 Å². The Hall–Kier alpha value is -1.91. The fourth-order valence-electron chi connectivity index (χ4n) is 1.32. The van der Waals surface area contributed by atoms with Crippen molar-refractivity contribution in [3.63, 3.8) is 0 Å². The average Bonchev–Trinajstić information content (AvgIpc) is 2.42. The minimum absolute atomic E-state index is 0.302. The number of carbonyl (C=O) groups is 2. The minimum atomic E-state index is -1.02. The van der Waals surface area contributed by atoms with Gasteiger partial charge in [-0.15, -0.1) is 0 Å². The first kappa shape index (κ1) is 15.1. The van der Waals surface area contributed by atoms with Gasteiger partial charge in [-0.25, -0.2) is 4.79 Å². The van der Waals surface area contributed by atoms with Crippen LogP contribution < -0.4 is 0 Å². The van der Waals surface area contributed by atoms with Crippen LogP contribution in [0.2, 0.25) is 0 Å². The van der Waals surface area contributed by atoms with Crippen LogP contribution in [-0.4, -0.2) is 23.5 Å². The molecule has 0 spiro atoms. The van der Waals surface area contributed by atoms with Crippen LogP contribution in [0.25, 0.3) is 0 Å². The lowest BCUT2D eigenvalue weighted by Crippen LogP contribution is -2.24. The molecule has 5 nitrogen and oxygen atoms in total. The molecule has 1 unspecified atom stereocenters. The van der Waals surface area contributed by atoms with Gasteiger partial charge in [0.2, 0.25) is 6.10 Å². The maximum absolute atomic E-state index is 11.9. The van der Waals surface area contributed by atoms with Gasteiger partial charge in [0.15, 0.2) is 0 Å². The van der Waals surface area contributed by atoms with Crippen molar-refractivity contribution >= 4 is 11.9 Å². The highest BCUT2D eigenvalue weighted by Gasteiger charge is 2.27. The van der Waals surface area contributed by atoms with Gasteiger partial charge in [0, 0.05) is 18.0 Å². The molecule has 0 aliphatic rings. The molecule has 0 amide bonds. The standard InChI is InChI=1S/C14H19NO4/c1-4-9-18-14(17)12(19-13(16)10(2)3)11-5-7-15-8-6-11/h5-8,10,12H,4,9H2,1-3H3. The fraction of sp³-hybridized carbons (Fsp3) is 0.500. The summed E-state index contributed by atoms with van der Waals surface area (Å²) >= 11 is 0. The number of aromatic nitrogens is 1. The largest absolute Gasteiger partial charge is 0.463 e. The quantitative estimate of drug-likeness (QED) is 0.738. The molecule has 0 saturated heterocycles. The predicted molar refractivity (Wildman–Crippen MR) is 69.2 cm³/mol. The Balaban J connectivity index is 2.85. The van der Waals surface area contributed by atoms with E-state index in [0.717, 1.165) is 0 Å². The number of nitrogens with zero attached hydrogens (tertiary/aromatic N) is 1. The first-order valence-electron chi connectivity index (χ1n) is 6.33. The van der Waals surface area contributed by atoms with Crippen molar-refractivity contribution in [3.05, 3.63) is 30.1 Å². The summed E-state index contributed by atoms with van der Waals surface area (Å²) in [6, 6.07) is 3.26. The Labute approximate surface area is 112 Å². The van der Waals surface area contributed by atoms with Crippen LogP contribution in [0.15, 0.2) is 24.5 Å². The highest BCUT2D eigenvalue weighted by atomic mass is 16.6. The molecule has 104 valence electrons. The molecular weight excluding hydrogens is 246 g/mol. The SMILES string of the molecule is CCCOC(=O)C(OC(=O)C(C)C)c1ccncc1. The van der Waals surface area contributed by atoms with Gasteiger partial charge in [-0.05, 0) is 18.6 Å². The molecule has 0 bridgehead atoms. The number of ether oxygens (including phenoxy) is 2. The van der Waals surface area contributed by atoms with E-state index in [-0.39, 0.29) is 5.92 Å². The lowest BCUT2D eigenvalue weighted by molar-refractivity contribution is -0.170. The highest BCUT2D eigenvalue weighted by Crippen LogP contribution is 2.20. The van der Waals surface area contributed by atoms with E-state index in [1.807, 2.05) is 6.92 Å². The molecule has 1 atom stereocenters. The molecule has 5 heteroatoms. The van der Waals surface area contributed by atoms with Crippen molar-refractivity contribution in [1.82, 2.24) is 4.98 Å². The summed E-state index contributed by atoms with van der Waals surface area (Å²) < 4.78 is 10.3. The summed E-state index contributed by atoms with van der Waals surface area (Å²) in [6.45, 7) is 5.63. The molecular formula is C14H19NO4. The number of rotatable bonds is 6.